The van der Waals surface area contributed by atoms with Crippen LogP contribution in [-0.2, 0) is 5.41 Å². The van der Waals surface area contributed by atoms with Crippen LogP contribution in [0.25, 0.3) is 98.7 Å². The number of ether oxygens (including phenoxy) is 1. The first-order valence-electron chi connectivity index (χ1n) is 22.5. The molecule has 0 amide bonds. The van der Waals surface area contributed by atoms with Crippen molar-refractivity contribution in [3.63, 3.8) is 0 Å². The monoisotopic (exact) mass is 854 g/mol. The van der Waals surface area contributed by atoms with E-state index in [9.17, 15) is 0 Å². The number of benzene rings is 8. The molecule has 0 fully saturated rings. The summed E-state index contributed by atoms with van der Waals surface area (Å²) >= 11 is 0. The quantitative estimate of drug-likeness (QED) is 0.166. The number of rotatable bonds is 3. The van der Waals surface area contributed by atoms with E-state index in [0.717, 1.165) is 95.0 Å². The number of nitrogens with zero attached hydrogens (tertiary/aromatic N) is 6. The van der Waals surface area contributed by atoms with Gasteiger partial charge in [-0.3, -0.25) is 9.97 Å². The van der Waals surface area contributed by atoms with Crippen LogP contribution in [-0.4, -0.2) is 23.7 Å². The van der Waals surface area contributed by atoms with E-state index in [4.69, 9.17) is 21.3 Å². The maximum atomic E-state index is 7.79. The molecule has 2 aliphatic rings. The zero-order chi connectivity index (χ0) is 44.0. The molecule has 5 aromatic heterocycles. The molecule has 8 aromatic carbocycles. The van der Waals surface area contributed by atoms with Gasteiger partial charge in [0, 0.05) is 67.5 Å². The van der Waals surface area contributed by atoms with Gasteiger partial charge in [-0.05, 0) is 120 Å². The van der Waals surface area contributed by atoms with Crippen molar-refractivity contribution in [3.05, 3.63) is 240 Å². The van der Waals surface area contributed by atoms with Crippen LogP contribution in [0.4, 0.5) is 5.69 Å². The Hall–Kier alpha value is -9.25. The average Bonchev–Trinajstić information content (AvgIpc) is 4.10. The summed E-state index contributed by atoms with van der Waals surface area (Å²) in [5, 5.41) is 6.98. The van der Waals surface area contributed by atoms with Crippen molar-refractivity contribution in [2.45, 2.75) is 5.41 Å². The molecule has 13 aromatic rings. The molecule has 0 unspecified atom stereocenters. The van der Waals surface area contributed by atoms with Crippen LogP contribution in [0.3, 0.4) is 0 Å². The van der Waals surface area contributed by atoms with Gasteiger partial charge < -0.3 is 18.4 Å². The second kappa shape index (κ2) is 13.2. The largest absolute Gasteiger partial charge is 0.457 e. The van der Waals surface area contributed by atoms with Gasteiger partial charge in [0.1, 0.15) is 11.5 Å². The maximum absolute atomic E-state index is 7.79. The minimum absolute atomic E-state index is 0.617. The van der Waals surface area contributed by atoms with E-state index in [-0.39, 0.29) is 0 Å². The number of aromatic nitrogens is 5. The number of fused-ring (bicyclic) bond motifs is 18. The summed E-state index contributed by atoms with van der Waals surface area (Å²) in [6.45, 7) is 7.79. The summed E-state index contributed by atoms with van der Waals surface area (Å²) in [5.41, 5.74) is 15.5. The lowest BCUT2D eigenvalue weighted by Crippen LogP contribution is -2.32. The molecule has 310 valence electrons. The van der Waals surface area contributed by atoms with Crippen molar-refractivity contribution in [2.75, 3.05) is 0 Å². The molecule has 0 saturated heterocycles. The number of hydrogen-bond acceptors (Lipinski definition) is 3. The predicted octanol–water partition coefficient (Wildman–Crippen LogP) is 14.8. The first kappa shape index (κ1) is 36.1. The zero-order valence-corrected chi connectivity index (χ0v) is 35.7. The van der Waals surface area contributed by atoms with Gasteiger partial charge in [-0.2, -0.15) is 0 Å². The van der Waals surface area contributed by atoms with Gasteiger partial charge in [0.2, 0.25) is 0 Å². The topological polar surface area (TPSA) is 54.2 Å². The molecular weight excluding hydrogens is 821 g/mol. The normalized spacial score (nSPS) is 13.3. The molecule has 0 N–H and O–H groups in total. The lowest BCUT2D eigenvalue weighted by molar-refractivity contribution is 0.436. The highest BCUT2D eigenvalue weighted by Gasteiger charge is 2.52. The fraction of sp³-hybridized carbons (Fsp3) is 0.0167. The maximum Gasteiger partial charge on any atom is 0.188 e. The summed E-state index contributed by atoms with van der Waals surface area (Å²) in [4.78, 5) is 13.9. The molecule has 1 aliphatic heterocycles. The molecular formula is C60H34N6O. The second-order valence-electron chi connectivity index (χ2n) is 17.6. The highest BCUT2D eigenvalue weighted by molar-refractivity contribution is 6.13. The van der Waals surface area contributed by atoms with Crippen LogP contribution >= 0.6 is 0 Å². The van der Waals surface area contributed by atoms with Crippen molar-refractivity contribution >= 4 is 71.1 Å². The summed E-state index contributed by atoms with van der Waals surface area (Å²) < 4.78 is 14.2. The summed E-state index contributed by atoms with van der Waals surface area (Å²) in [6, 6.07) is 69.1. The van der Waals surface area contributed by atoms with Crippen LogP contribution in [0.1, 0.15) is 22.3 Å². The fourth-order valence-corrected chi connectivity index (χ4v) is 11.7. The molecule has 7 nitrogen and oxygen atoms in total. The van der Waals surface area contributed by atoms with Gasteiger partial charge in [0.05, 0.1) is 56.5 Å². The second-order valence-corrected chi connectivity index (χ2v) is 17.6. The van der Waals surface area contributed by atoms with E-state index in [1.165, 1.54) is 32.6 Å². The van der Waals surface area contributed by atoms with E-state index in [2.05, 4.69) is 188 Å². The predicted molar refractivity (Wildman–Crippen MR) is 269 cm³/mol. The van der Waals surface area contributed by atoms with E-state index >= 15 is 0 Å². The number of para-hydroxylation sites is 4. The van der Waals surface area contributed by atoms with Crippen molar-refractivity contribution in [3.8, 4) is 39.9 Å². The SMILES string of the molecule is [C-]#[N+]c1ccc2c(c1)c1ccccc1n2-c1ccc2c(c1)C1(c3cc(-n4c5ccccc5c5cc(-n6c7ccccc7c7ccccc76)ccc54)ccc3O2)c2cccnc2-c2ncccc21. The fourth-order valence-electron chi connectivity index (χ4n) is 11.7. The third-order valence-corrected chi connectivity index (χ3v) is 14.4. The van der Waals surface area contributed by atoms with Crippen LogP contribution in [0, 0.1) is 6.57 Å². The Morgan fingerprint density at radius 1 is 0.373 bits per heavy atom. The molecule has 7 heteroatoms. The van der Waals surface area contributed by atoms with Crippen LogP contribution in [0.5, 0.6) is 11.5 Å². The molecule has 0 saturated carbocycles. The van der Waals surface area contributed by atoms with Crippen LogP contribution in [0.15, 0.2) is 207 Å². The van der Waals surface area contributed by atoms with Gasteiger partial charge in [-0.15, -0.1) is 0 Å². The lowest BCUT2D eigenvalue weighted by atomic mass is 9.66. The minimum Gasteiger partial charge on any atom is -0.457 e. The van der Waals surface area contributed by atoms with Gasteiger partial charge >= 0.3 is 0 Å². The minimum atomic E-state index is -0.833. The van der Waals surface area contributed by atoms with Crippen molar-refractivity contribution in [1.29, 1.82) is 0 Å². The zero-order valence-electron chi connectivity index (χ0n) is 35.7. The van der Waals surface area contributed by atoms with Crippen molar-refractivity contribution in [2.24, 2.45) is 0 Å². The van der Waals surface area contributed by atoms with Gasteiger partial charge in [0.15, 0.2) is 5.69 Å². The van der Waals surface area contributed by atoms with E-state index in [1.807, 2.05) is 36.7 Å². The standard InChI is InChI=1S/C60H34N6O/c1-61-36-22-26-54-44(32-36)42-14-4-8-20-52(42)65(54)38-24-28-56-48(34-38)60(46-16-10-30-62-58(46)59-47(60)17-11-31-63-59)49-35-39(25-29-57(49)67-56)66-53-21-9-5-15-43(53)45-33-37(23-27-55(45)66)64-50-18-6-2-12-40(50)41-13-3-7-19-51(41)64/h2-35H. The van der Waals surface area contributed by atoms with E-state index < -0.39 is 5.41 Å². The molecule has 67 heavy (non-hydrogen) atoms. The Bertz CT molecular complexity index is 4250. The summed E-state index contributed by atoms with van der Waals surface area (Å²) in [6.07, 6.45) is 3.73. The summed E-state index contributed by atoms with van der Waals surface area (Å²) in [5.74, 6) is 1.56. The molecule has 0 bridgehead atoms. The highest BCUT2D eigenvalue weighted by atomic mass is 16.5. The lowest BCUT2D eigenvalue weighted by Gasteiger charge is -2.39. The van der Waals surface area contributed by atoms with E-state index in [1.54, 1.807) is 0 Å². The third-order valence-electron chi connectivity index (χ3n) is 14.4. The van der Waals surface area contributed by atoms with Gasteiger partial charge in [-0.25, -0.2) is 4.85 Å². The molecule has 0 radical (unpaired) electrons. The number of hydrogen-bond donors (Lipinski definition) is 0. The first-order valence-corrected chi connectivity index (χ1v) is 22.5. The van der Waals surface area contributed by atoms with Gasteiger partial charge in [0.25, 0.3) is 0 Å². The average molecular weight is 855 g/mol. The Morgan fingerprint density at radius 2 is 0.776 bits per heavy atom. The Kier molecular flexibility index (Phi) is 7.10. The molecule has 1 aliphatic carbocycles. The molecule has 15 rings (SSSR count). The van der Waals surface area contributed by atoms with Crippen molar-refractivity contribution in [1.82, 2.24) is 23.7 Å². The van der Waals surface area contributed by atoms with Gasteiger partial charge in [-0.1, -0.05) is 91.0 Å². The molecule has 1 spiro atoms. The Labute approximate surface area is 383 Å². The Balaban J connectivity index is 0.989. The smallest absolute Gasteiger partial charge is 0.188 e. The van der Waals surface area contributed by atoms with Crippen LogP contribution < -0.4 is 4.74 Å². The Morgan fingerprint density at radius 3 is 1.27 bits per heavy atom. The summed E-state index contributed by atoms with van der Waals surface area (Å²) in [7, 11) is 0. The third kappa shape index (κ3) is 4.68. The van der Waals surface area contributed by atoms with Crippen molar-refractivity contribution < 1.29 is 4.74 Å². The molecule has 6 heterocycles. The molecule has 0 atom stereocenters. The first-order chi connectivity index (χ1) is 33.2. The number of pyridine rings is 2. The highest BCUT2D eigenvalue weighted by Crippen LogP contribution is 2.62. The van der Waals surface area contributed by atoms with Crippen LogP contribution in [0.2, 0.25) is 0 Å². The van der Waals surface area contributed by atoms with E-state index in [0.29, 0.717) is 5.69 Å².